The van der Waals surface area contributed by atoms with Gasteiger partial charge >= 0.3 is 11.8 Å². The van der Waals surface area contributed by atoms with E-state index in [4.69, 9.17) is 5.11 Å². The Hall–Kier alpha value is -1.64. The molecule has 1 rings (SSSR count). The number of aromatic carboxylic acids is 1. The van der Waals surface area contributed by atoms with E-state index in [0.29, 0.717) is 6.07 Å². The minimum atomic E-state index is -3.03. The first-order valence-corrected chi connectivity index (χ1v) is 4.50. The number of pyridine rings is 1. The highest BCUT2D eigenvalue weighted by atomic mass is 79.9. The van der Waals surface area contributed by atoms with Gasteiger partial charge in [-0.3, -0.25) is 0 Å². The van der Waals surface area contributed by atoms with Crippen LogP contribution in [0.1, 0.15) is 22.5 Å². The first-order chi connectivity index (χ1) is 7.34. The number of carbonyl (C=O) groups is 1. The van der Waals surface area contributed by atoms with Gasteiger partial charge in [0.25, 0.3) is 12.1 Å². The molecule has 0 aliphatic rings. The number of nitro groups is 1. The third-order valence-electron chi connectivity index (χ3n) is 1.60. The molecule has 0 atom stereocenters. The summed E-state index contributed by atoms with van der Waals surface area (Å²) in [5, 5.41) is 19.0. The molecule has 0 amide bonds. The summed E-state index contributed by atoms with van der Waals surface area (Å²) in [6.07, 6.45) is -3.03. The first-order valence-electron chi connectivity index (χ1n) is 3.71. The summed E-state index contributed by atoms with van der Waals surface area (Å²) in [6, 6.07) is 0.529. The van der Waals surface area contributed by atoms with Gasteiger partial charge in [-0.05, 0) is 25.8 Å². The molecule has 1 aromatic rings. The SMILES string of the molecule is O=C(O)c1nc([N+](=O)[O-])cc(C(F)F)c1Br. The average Bonchev–Trinajstić information content (AvgIpc) is 2.16. The van der Waals surface area contributed by atoms with Crippen LogP contribution in [0.5, 0.6) is 0 Å². The minimum Gasteiger partial charge on any atom is -0.475 e. The normalized spacial score (nSPS) is 10.5. The lowest BCUT2D eigenvalue weighted by atomic mass is 10.2. The third-order valence-corrected chi connectivity index (χ3v) is 2.43. The molecule has 0 radical (unpaired) electrons. The molecule has 6 nitrogen and oxygen atoms in total. The van der Waals surface area contributed by atoms with Gasteiger partial charge in [-0.2, -0.15) is 0 Å². The molecule has 1 aromatic heterocycles. The Morgan fingerprint density at radius 3 is 2.56 bits per heavy atom. The number of alkyl halides is 2. The van der Waals surface area contributed by atoms with Crippen molar-refractivity contribution in [3.05, 3.63) is 31.9 Å². The van der Waals surface area contributed by atoms with Crippen LogP contribution in [-0.4, -0.2) is 21.0 Å². The summed E-state index contributed by atoms with van der Waals surface area (Å²) < 4.78 is 24.4. The zero-order valence-corrected chi connectivity index (χ0v) is 8.94. The van der Waals surface area contributed by atoms with Gasteiger partial charge in [-0.15, -0.1) is 0 Å². The van der Waals surface area contributed by atoms with Crippen LogP contribution in [0.2, 0.25) is 0 Å². The van der Waals surface area contributed by atoms with E-state index in [-0.39, 0.29) is 0 Å². The van der Waals surface area contributed by atoms with Crippen molar-refractivity contribution in [1.82, 2.24) is 4.98 Å². The van der Waals surface area contributed by atoms with Crippen LogP contribution in [0, 0.1) is 10.1 Å². The minimum absolute atomic E-state index is 0.458. The fraction of sp³-hybridized carbons (Fsp3) is 0.143. The van der Waals surface area contributed by atoms with Crippen molar-refractivity contribution >= 4 is 27.7 Å². The van der Waals surface area contributed by atoms with Crippen molar-refractivity contribution in [3.8, 4) is 0 Å². The van der Waals surface area contributed by atoms with Crippen molar-refractivity contribution in [2.45, 2.75) is 6.43 Å². The maximum absolute atomic E-state index is 12.4. The summed E-state index contributed by atoms with van der Waals surface area (Å²) in [4.78, 5) is 23.1. The summed E-state index contributed by atoms with van der Waals surface area (Å²) in [6.45, 7) is 0. The molecule has 9 heteroatoms. The predicted octanol–water partition coefficient (Wildman–Crippen LogP) is 2.39. The summed E-state index contributed by atoms with van der Waals surface area (Å²) in [7, 11) is 0. The number of aromatic nitrogens is 1. The van der Waals surface area contributed by atoms with Crippen LogP contribution >= 0.6 is 15.9 Å². The molecule has 1 N–H and O–H groups in total. The molecule has 86 valence electrons. The average molecular weight is 297 g/mol. The van der Waals surface area contributed by atoms with Gasteiger partial charge in [-0.1, -0.05) is 0 Å². The van der Waals surface area contributed by atoms with Crippen molar-refractivity contribution in [3.63, 3.8) is 0 Å². The number of rotatable bonds is 3. The predicted molar refractivity (Wildman–Crippen MR) is 50.5 cm³/mol. The number of carboxylic acid groups (broad SMARTS) is 1. The van der Waals surface area contributed by atoms with E-state index < -0.39 is 38.9 Å². The van der Waals surface area contributed by atoms with Crippen LogP contribution in [-0.2, 0) is 0 Å². The Labute approximate surface area is 95.2 Å². The third kappa shape index (κ3) is 2.30. The molecular formula is C7H3BrF2N2O4. The molecule has 0 aliphatic heterocycles. The smallest absolute Gasteiger partial charge is 0.381 e. The highest BCUT2D eigenvalue weighted by Crippen LogP contribution is 2.31. The quantitative estimate of drug-likeness (QED) is 0.683. The highest BCUT2D eigenvalue weighted by Gasteiger charge is 2.27. The Morgan fingerprint density at radius 1 is 1.62 bits per heavy atom. The van der Waals surface area contributed by atoms with Gasteiger partial charge in [0, 0.05) is 11.6 Å². The largest absolute Gasteiger partial charge is 0.475 e. The molecule has 1 heterocycles. The van der Waals surface area contributed by atoms with E-state index in [2.05, 4.69) is 20.9 Å². The van der Waals surface area contributed by atoms with E-state index in [9.17, 15) is 23.7 Å². The summed E-state index contributed by atoms with van der Waals surface area (Å²) in [5.41, 5.74) is -1.59. The summed E-state index contributed by atoms with van der Waals surface area (Å²) in [5.74, 6) is -2.56. The van der Waals surface area contributed by atoms with E-state index in [0.717, 1.165) is 0 Å². The van der Waals surface area contributed by atoms with Crippen molar-refractivity contribution in [2.75, 3.05) is 0 Å². The van der Waals surface area contributed by atoms with E-state index in [1.54, 1.807) is 0 Å². The fourth-order valence-electron chi connectivity index (χ4n) is 0.929. The van der Waals surface area contributed by atoms with E-state index >= 15 is 0 Å². The second-order valence-corrected chi connectivity index (χ2v) is 3.39. The second kappa shape index (κ2) is 4.47. The molecule has 0 aromatic carbocycles. The van der Waals surface area contributed by atoms with Gasteiger partial charge < -0.3 is 15.2 Å². The second-order valence-electron chi connectivity index (χ2n) is 2.60. The molecule has 0 saturated heterocycles. The number of hydrogen-bond acceptors (Lipinski definition) is 4. The summed E-state index contributed by atoms with van der Waals surface area (Å²) >= 11 is 2.62. The van der Waals surface area contributed by atoms with Crippen LogP contribution < -0.4 is 0 Å². The van der Waals surface area contributed by atoms with Gasteiger partial charge in [0.15, 0.2) is 0 Å². The molecule has 0 fully saturated rings. The van der Waals surface area contributed by atoms with Crippen LogP contribution in [0.3, 0.4) is 0 Å². The number of halogens is 3. The molecule has 16 heavy (non-hydrogen) atoms. The first kappa shape index (κ1) is 12.4. The Balaban J connectivity index is 3.51. The Bertz CT molecular complexity index is 466. The monoisotopic (exact) mass is 296 g/mol. The Morgan fingerprint density at radius 2 is 2.19 bits per heavy atom. The molecule has 0 saturated carbocycles. The number of nitrogens with zero attached hydrogens (tertiary/aromatic N) is 2. The molecular weight excluding hydrogens is 294 g/mol. The van der Waals surface area contributed by atoms with Gasteiger partial charge in [-0.25, -0.2) is 13.6 Å². The van der Waals surface area contributed by atoms with E-state index in [1.807, 2.05) is 0 Å². The number of carboxylic acids is 1. The number of hydrogen-bond donors (Lipinski definition) is 1. The Kier molecular flexibility index (Phi) is 3.48. The topological polar surface area (TPSA) is 93.3 Å². The zero-order valence-electron chi connectivity index (χ0n) is 7.35. The lowest BCUT2D eigenvalue weighted by Crippen LogP contribution is -2.07. The van der Waals surface area contributed by atoms with E-state index in [1.165, 1.54) is 0 Å². The maximum Gasteiger partial charge on any atom is 0.381 e. The van der Waals surface area contributed by atoms with Crippen molar-refractivity contribution in [1.29, 1.82) is 0 Å². The molecule has 0 aliphatic carbocycles. The van der Waals surface area contributed by atoms with Gasteiger partial charge in [0.1, 0.15) is 0 Å². The molecule has 0 bridgehead atoms. The van der Waals surface area contributed by atoms with Crippen LogP contribution in [0.4, 0.5) is 14.6 Å². The van der Waals surface area contributed by atoms with Crippen molar-refractivity contribution < 1.29 is 23.6 Å². The van der Waals surface area contributed by atoms with Crippen LogP contribution in [0.15, 0.2) is 10.5 Å². The molecule has 0 spiro atoms. The standard InChI is InChI=1S/C7H3BrF2N2O4/c8-4-2(6(9)10)1-3(12(15)16)11-5(4)7(13)14/h1,6H,(H,13,14). The zero-order chi connectivity index (χ0) is 12.5. The lowest BCUT2D eigenvalue weighted by molar-refractivity contribution is -0.389. The van der Waals surface area contributed by atoms with Gasteiger partial charge in [0.2, 0.25) is 0 Å². The van der Waals surface area contributed by atoms with Crippen molar-refractivity contribution in [2.24, 2.45) is 0 Å². The molecule has 0 unspecified atom stereocenters. The fourth-order valence-corrected chi connectivity index (χ4v) is 1.47. The van der Waals surface area contributed by atoms with Gasteiger partial charge in [0.05, 0.1) is 4.47 Å². The van der Waals surface area contributed by atoms with Crippen LogP contribution in [0.25, 0.3) is 0 Å². The highest BCUT2D eigenvalue weighted by molar-refractivity contribution is 9.10. The maximum atomic E-state index is 12.4. The lowest BCUT2D eigenvalue weighted by Gasteiger charge is -2.03.